The van der Waals surface area contributed by atoms with Crippen molar-refractivity contribution in [2.75, 3.05) is 6.61 Å². The third kappa shape index (κ3) is 3.74. The number of fused-ring (bicyclic) bond motifs is 1. The molecular formula is C18H16O4. The molecule has 0 spiro atoms. The fraction of sp³-hybridized carbons (Fsp3) is 0.167. The molecule has 4 nitrogen and oxygen atoms in total. The predicted octanol–water partition coefficient (Wildman–Crippen LogP) is 3.69. The quantitative estimate of drug-likeness (QED) is 0.651. The maximum atomic E-state index is 11.6. The van der Waals surface area contributed by atoms with E-state index >= 15 is 0 Å². The van der Waals surface area contributed by atoms with Crippen molar-refractivity contribution >= 4 is 16.9 Å². The fourth-order valence-corrected chi connectivity index (χ4v) is 2.12. The van der Waals surface area contributed by atoms with Gasteiger partial charge in [-0.05, 0) is 17.7 Å². The van der Waals surface area contributed by atoms with Gasteiger partial charge >= 0.3 is 5.97 Å². The second-order valence-electron chi connectivity index (χ2n) is 4.89. The predicted molar refractivity (Wildman–Crippen MR) is 82.1 cm³/mol. The van der Waals surface area contributed by atoms with E-state index in [1.807, 2.05) is 60.7 Å². The van der Waals surface area contributed by atoms with Crippen LogP contribution in [0.1, 0.15) is 11.3 Å². The molecular weight excluding hydrogens is 280 g/mol. The first kappa shape index (κ1) is 14.4. The summed E-state index contributed by atoms with van der Waals surface area (Å²) in [6.45, 7) is 0.409. The van der Waals surface area contributed by atoms with Crippen molar-refractivity contribution < 1.29 is 18.7 Å². The number of furan rings is 1. The summed E-state index contributed by atoms with van der Waals surface area (Å²) in [4.78, 5) is 11.6. The van der Waals surface area contributed by atoms with Crippen LogP contribution >= 0.6 is 0 Å². The van der Waals surface area contributed by atoms with Gasteiger partial charge in [0.25, 0.3) is 0 Å². The average molecular weight is 296 g/mol. The first-order valence-electron chi connectivity index (χ1n) is 7.06. The highest BCUT2D eigenvalue weighted by Crippen LogP contribution is 2.19. The topological polar surface area (TPSA) is 48.7 Å². The second kappa shape index (κ2) is 6.91. The summed E-state index contributed by atoms with van der Waals surface area (Å²) < 4.78 is 16.1. The molecule has 2 aromatic carbocycles. The Bertz CT molecular complexity index is 713. The molecule has 0 saturated heterocycles. The van der Waals surface area contributed by atoms with Crippen LogP contribution in [0.2, 0.25) is 0 Å². The SMILES string of the molecule is O=C(COCc1cc2ccccc2o1)OCc1ccccc1. The van der Waals surface area contributed by atoms with Crippen LogP contribution in [0.4, 0.5) is 0 Å². The zero-order chi connectivity index (χ0) is 15.2. The van der Waals surface area contributed by atoms with Gasteiger partial charge in [-0.2, -0.15) is 0 Å². The molecule has 3 rings (SSSR count). The van der Waals surface area contributed by atoms with Crippen LogP contribution in [-0.2, 0) is 27.5 Å². The number of hydrogen-bond donors (Lipinski definition) is 0. The molecule has 0 radical (unpaired) electrons. The molecule has 0 saturated carbocycles. The minimum absolute atomic E-state index is 0.0934. The van der Waals surface area contributed by atoms with Crippen molar-refractivity contribution in [2.45, 2.75) is 13.2 Å². The van der Waals surface area contributed by atoms with Crippen LogP contribution in [0.5, 0.6) is 0 Å². The molecule has 22 heavy (non-hydrogen) atoms. The number of para-hydroxylation sites is 1. The first-order chi connectivity index (χ1) is 10.8. The third-order valence-electron chi connectivity index (χ3n) is 3.18. The van der Waals surface area contributed by atoms with Crippen molar-refractivity contribution in [3.8, 4) is 0 Å². The van der Waals surface area contributed by atoms with E-state index in [1.165, 1.54) is 0 Å². The molecule has 4 heteroatoms. The van der Waals surface area contributed by atoms with Crippen LogP contribution in [0, 0.1) is 0 Å². The second-order valence-corrected chi connectivity index (χ2v) is 4.89. The Morgan fingerprint density at radius 3 is 2.55 bits per heavy atom. The highest BCUT2D eigenvalue weighted by atomic mass is 16.6. The lowest BCUT2D eigenvalue weighted by Crippen LogP contribution is -2.12. The lowest BCUT2D eigenvalue weighted by molar-refractivity contribution is -0.150. The van der Waals surface area contributed by atoms with Crippen LogP contribution in [0.25, 0.3) is 11.0 Å². The molecule has 0 aliphatic carbocycles. The molecule has 3 aromatic rings. The van der Waals surface area contributed by atoms with Gasteiger partial charge in [-0.15, -0.1) is 0 Å². The van der Waals surface area contributed by atoms with Gasteiger partial charge in [-0.1, -0.05) is 48.5 Å². The molecule has 0 atom stereocenters. The van der Waals surface area contributed by atoms with Gasteiger partial charge in [-0.25, -0.2) is 4.79 Å². The zero-order valence-electron chi connectivity index (χ0n) is 12.0. The van der Waals surface area contributed by atoms with Crippen molar-refractivity contribution in [1.29, 1.82) is 0 Å². The summed E-state index contributed by atoms with van der Waals surface area (Å²) in [6.07, 6.45) is 0. The number of ether oxygens (including phenoxy) is 2. The van der Waals surface area contributed by atoms with Crippen molar-refractivity contribution in [1.82, 2.24) is 0 Å². The molecule has 0 N–H and O–H groups in total. The largest absolute Gasteiger partial charge is 0.459 e. The smallest absolute Gasteiger partial charge is 0.332 e. The van der Waals surface area contributed by atoms with E-state index in [1.54, 1.807) is 0 Å². The Hall–Kier alpha value is -2.59. The van der Waals surface area contributed by atoms with Crippen LogP contribution in [-0.4, -0.2) is 12.6 Å². The molecule has 0 unspecified atom stereocenters. The Kier molecular flexibility index (Phi) is 4.51. The van der Waals surface area contributed by atoms with Gasteiger partial charge in [0.05, 0.1) is 0 Å². The van der Waals surface area contributed by atoms with Crippen molar-refractivity contribution in [2.24, 2.45) is 0 Å². The first-order valence-corrected chi connectivity index (χ1v) is 7.06. The van der Waals surface area contributed by atoms with Crippen LogP contribution in [0.3, 0.4) is 0 Å². The van der Waals surface area contributed by atoms with Crippen LogP contribution < -0.4 is 0 Å². The molecule has 0 fully saturated rings. The number of esters is 1. The van der Waals surface area contributed by atoms with Crippen LogP contribution in [0.15, 0.2) is 65.1 Å². The Morgan fingerprint density at radius 1 is 0.955 bits per heavy atom. The zero-order valence-corrected chi connectivity index (χ0v) is 12.0. The number of benzene rings is 2. The summed E-state index contributed by atoms with van der Waals surface area (Å²) in [7, 11) is 0. The monoisotopic (exact) mass is 296 g/mol. The standard InChI is InChI=1S/C18H16O4/c19-18(21-11-14-6-2-1-3-7-14)13-20-12-16-10-15-8-4-5-9-17(15)22-16/h1-10H,11-13H2. The Morgan fingerprint density at radius 2 is 1.73 bits per heavy atom. The van der Waals surface area contributed by atoms with E-state index < -0.39 is 0 Å². The van der Waals surface area contributed by atoms with Gasteiger partial charge in [0.15, 0.2) is 0 Å². The van der Waals surface area contributed by atoms with E-state index in [0.29, 0.717) is 5.76 Å². The Labute approximate surface area is 128 Å². The summed E-state index contributed by atoms with van der Waals surface area (Å²) in [5, 5.41) is 1.02. The fourth-order valence-electron chi connectivity index (χ4n) is 2.12. The highest BCUT2D eigenvalue weighted by Gasteiger charge is 2.06. The molecule has 0 aliphatic heterocycles. The Balaban J connectivity index is 1.43. The maximum absolute atomic E-state index is 11.6. The van der Waals surface area contributed by atoms with Crippen molar-refractivity contribution in [3.63, 3.8) is 0 Å². The molecule has 1 heterocycles. The van der Waals surface area contributed by atoms with E-state index in [4.69, 9.17) is 13.9 Å². The van der Waals surface area contributed by atoms with Gasteiger partial charge in [0, 0.05) is 5.39 Å². The number of rotatable bonds is 6. The van der Waals surface area contributed by atoms with E-state index in [-0.39, 0.29) is 25.8 Å². The number of carbonyl (C=O) groups is 1. The minimum atomic E-state index is -0.389. The van der Waals surface area contributed by atoms with Crippen molar-refractivity contribution in [3.05, 3.63) is 72.0 Å². The number of carbonyl (C=O) groups excluding carboxylic acids is 1. The average Bonchev–Trinajstić information content (AvgIpc) is 2.96. The molecule has 0 amide bonds. The summed E-state index contributed by atoms with van der Waals surface area (Å²) in [5.74, 6) is 0.303. The lowest BCUT2D eigenvalue weighted by atomic mass is 10.2. The molecule has 1 aromatic heterocycles. The summed E-state index contributed by atoms with van der Waals surface area (Å²) in [6, 6.07) is 19.2. The van der Waals surface area contributed by atoms with E-state index in [2.05, 4.69) is 0 Å². The highest BCUT2D eigenvalue weighted by molar-refractivity contribution is 5.77. The summed E-state index contributed by atoms with van der Waals surface area (Å²) in [5.41, 5.74) is 1.76. The summed E-state index contributed by atoms with van der Waals surface area (Å²) >= 11 is 0. The third-order valence-corrected chi connectivity index (χ3v) is 3.18. The maximum Gasteiger partial charge on any atom is 0.332 e. The molecule has 0 bridgehead atoms. The van der Waals surface area contributed by atoms with Gasteiger partial charge in [0.2, 0.25) is 0 Å². The van der Waals surface area contributed by atoms with E-state index in [9.17, 15) is 4.79 Å². The molecule has 0 aliphatic rings. The molecule has 112 valence electrons. The van der Waals surface area contributed by atoms with Gasteiger partial charge < -0.3 is 13.9 Å². The van der Waals surface area contributed by atoms with Gasteiger partial charge in [0.1, 0.15) is 31.2 Å². The van der Waals surface area contributed by atoms with E-state index in [0.717, 1.165) is 16.5 Å². The minimum Gasteiger partial charge on any atom is -0.459 e. The number of hydrogen-bond acceptors (Lipinski definition) is 4. The van der Waals surface area contributed by atoms with Gasteiger partial charge in [-0.3, -0.25) is 0 Å². The lowest BCUT2D eigenvalue weighted by Gasteiger charge is -2.05. The normalized spacial score (nSPS) is 10.7.